The van der Waals surface area contributed by atoms with Gasteiger partial charge >= 0.3 is 105 Å². The molecule has 0 bridgehead atoms. The molecule has 1 N–H and O–H groups in total. The van der Waals surface area contributed by atoms with Crippen molar-refractivity contribution >= 4 is 36.3 Å². The Balaban J connectivity index is 2.64. The molecular weight excluding hydrogens is 314 g/mol. The summed E-state index contributed by atoms with van der Waals surface area (Å²) < 4.78 is 37.4. The van der Waals surface area contributed by atoms with Crippen molar-refractivity contribution in [3.63, 3.8) is 0 Å². The Bertz CT molecular complexity index is 613. The minimum absolute atomic E-state index is 0.0157. The normalized spacial score (nSPS) is 11.7. The van der Waals surface area contributed by atoms with Gasteiger partial charge in [0.1, 0.15) is 0 Å². The van der Waals surface area contributed by atoms with Crippen molar-refractivity contribution in [2.24, 2.45) is 0 Å². The van der Waals surface area contributed by atoms with E-state index >= 15 is 0 Å². The molecule has 0 amide bonds. The average molecular weight is 320 g/mol. The molecule has 1 aromatic heterocycles. The fourth-order valence-corrected chi connectivity index (χ4v) is 2.94. The second-order valence-corrected chi connectivity index (χ2v) is 5.70. The van der Waals surface area contributed by atoms with Crippen molar-refractivity contribution in [1.82, 2.24) is 4.98 Å². The van der Waals surface area contributed by atoms with E-state index in [0.717, 1.165) is 6.07 Å². The predicted octanol–water partition coefficient (Wildman–Crippen LogP) is 1.78. The second kappa shape index (κ2) is 4.59. The SMILES string of the molecule is O=C(O)c1cc([Se]C(F)(F)F)c2ccccc2n1. The molecule has 0 atom stereocenters. The maximum atomic E-state index is 12.5. The topological polar surface area (TPSA) is 50.2 Å². The summed E-state index contributed by atoms with van der Waals surface area (Å²) >= 11 is -1.79. The molecule has 2 aromatic rings. The molecule has 3 nitrogen and oxygen atoms in total. The summed E-state index contributed by atoms with van der Waals surface area (Å²) in [7, 11) is 0. The van der Waals surface area contributed by atoms with Gasteiger partial charge in [0.2, 0.25) is 0 Å². The molecule has 94 valence electrons. The van der Waals surface area contributed by atoms with Crippen LogP contribution in [0, 0.1) is 0 Å². The molecule has 2 rings (SSSR count). The monoisotopic (exact) mass is 321 g/mol. The Kier molecular flexibility index (Phi) is 3.28. The first-order valence-corrected chi connectivity index (χ1v) is 6.47. The third-order valence-electron chi connectivity index (χ3n) is 2.12. The zero-order valence-electron chi connectivity index (χ0n) is 8.73. The van der Waals surface area contributed by atoms with Gasteiger partial charge in [-0.3, -0.25) is 0 Å². The van der Waals surface area contributed by atoms with E-state index in [1.807, 2.05) is 0 Å². The number of carboxylic acid groups (broad SMARTS) is 1. The Labute approximate surface area is 106 Å². The van der Waals surface area contributed by atoms with Gasteiger partial charge in [-0.25, -0.2) is 0 Å². The maximum absolute atomic E-state index is 12.5. The number of aromatic nitrogens is 1. The Morgan fingerprint density at radius 2 is 1.94 bits per heavy atom. The number of carboxylic acids is 1. The van der Waals surface area contributed by atoms with Gasteiger partial charge in [-0.05, 0) is 0 Å². The van der Waals surface area contributed by atoms with Gasteiger partial charge < -0.3 is 0 Å². The van der Waals surface area contributed by atoms with Gasteiger partial charge in [0.15, 0.2) is 0 Å². The van der Waals surface area contributed by atoms with E-state index in [1.54, 1.807) is 12.1 Å². The number of nitrogens with zero attached hydrogens (tertiary/aromatic N) is 1. The summed E-state index contributed by atoms with van der Waals surface area (Å²) in [6.45, 7) is 0. The minimum atomic E-state index is -4.33. The number of fused-ring (bicyclic) bond motifs is 1. The fraction of sp³-hybridized carbons (Fsp3) is 0.0909. The second-order valence-electron chi connectivity index (χ2n) is 3.38. The van der Waals surface area contributed by atoms with Crippen LogP contribution in [0.15, 0.2) is 30.3 Å². The molecule has 0 unspecified atom stereocenters. The third-order valence-corrected chi connectivity index (χ3v) is 3.78. The molecule has 18 heavy (non-hydrogen) atoms. The number of halogens is 3. The molecule has 0 spiro atoms. The number of rotatable bonds is 2. The fourth-order valence-electron chi connectivity index (χ4n) is 1.46. The van der Waals surface area contributed by atoms with Crippen LogP contribution in [0.5, 0.6) is 0 Å². The standard InChI is InChI=1S/C11H6F3NO2Se/c12-11(13,14)18-9-5-8(10(16)17)15-7-4-2-1-3-6(7)9/h1-5H,(H,16,17). The van der Waals surface area contributed by atoms with Crippen molar-refractivity contribution in [3.8, 4) is 0 Å². The predicted molar refractivity (Wildman–Crippen MR) is 60.1 cm³/mol. The summed E-state index contributed by atoms with van der Waals surface area (Å²) in [4.78, 5) is 14.6. The zero-order chi connectivity index (χ0) is 13.3. The molecule has 7 heteroatoms. The van der Waals surface area contributed by atoms with Crippen molar-refractivity contribution in [2.45, 2.75) is 5.07 Å². The first kappa shape index (κ1) is 12.9. The Morgan fingerprint density at radius 1 is 1.28 bits per heavy atom. The van der Waals surface area contributed by atoms with E-state index in [4.69, 9.17) is 5.11 Å². The van der Waals surface area contributed by atoms with Crippen LogP contribution in [-0.4, -0.2) is 36.1 Å². The van der Waals surface area contributed by atoms with Gasteiger partial charge in [0.05, 0.1) is 0 Å². The van der Waals surface area contributed by atoms with Crippen LogP contribution in [0.4, 0.5) is 13.2 Å². The van der Waals surface area contributed by atoms with Crippen LogP contribution in [0.3, 0.4) is 0 Å². The first-order chi connectivity index (χ1) is 8.37. The number of para-hydroxylation sites is 1. The zero-order valence-corrected chi connectivity index (χ0v) is 10.4. The van der Waals surface area contributed by atoms with Gasteiger partial charge in [0, 0.05) is 0 Å². The van der Waals surface area contributed by atoms with E-state index < -0.39 is 26.0 Å². The van der Waals surface area contributed by atoms with Gasteiger partial charge in [-0.2, -0.15) is 0 Å². The molecule has 0 aliphatic rings. The number of hydrogen-bond donors (Lipinski definition) is 1. The molecule has 0 saturated carbocycles. The molecule has 0 saturated heterocycles. The van der Waals surface area contributed by atoms with Crippen LogP contribution >= 0.6 is 0 Å². The summed E-state index contributed by atoms with van der Waals surface area (Å²) in [6.07, 6.45) is 0. The molecule has 0 fully saturated rings. The van der Waals surface area contributed by atoms with Gasteiger partial charge in [-0.1, -0.05) is 0 Å². The molecule has 1 aromatic carbocycles. The van der Waals surface area contributed by atoms with Crippen LogP contribution in [-0.2, 0) is 0 Å². The number of alkyl halides is 3. The molecule has 0 radical (unpaired) electrons. The van der Waals surface area contributed by atoms with Crippen molar-refractivity contribution < 1.29 is 23.1 Å². The third kappa shape index (κ3) is 2.80. The Morgan fingerprint density at radius 3 is 2.56 bits per heavy atom. The van der Waals surface area contributed by atoms with Crippen LogP contribution in [0.2, 0.25) is 0 Å². The van der Waals surface area contributed by atoms with E-state index in [2.05, 4.69) is 4.98 Å². The van der Waals surface area contributed by atoms with Crippen molar-refractivity contribution in [2.75, 3.05) is 0 Å². The molecular formula is C11H6F3NO2Se. The summed E-state index contributed by atoms with van der Waals surface area (Å²) in [6, 6.07) is 7.21. The first-order valence-electron chi connectivity index (χ1n) is 4.75. The van der Waals surface area contributed by atoms with E-state index in [-0.39, 0.29) is 15.7 Å². The van der Waals surface area contributed by atoms with Gasteiger partial charge in [-0.15, -0.1) is 0 Å². The number of benzene rings is 1. The molecule has 0 aliphatic carbocycles. The van der Waals surface area contributed by atoms with Gasteiger partial charge in [0.25, 0.3) is 0 Å². The molecule has 0 aliphatic heterocycles. The van der Waals surface area contributed by atoms with E-state index in [1.165, 1.54) is 12.1 Å². The summed E-state index contributed by atoms with van der Waals surface area (Å²) in [5, 5.41) is 4.85. The Hall–Kier alpha value is -1.59. The molecule has 1 heterocycles. The number of aromatic carboxylic acids is 1. The van der Waals surface area contributed by atoms with Crippen LogP contribution < -0.4 is 4.46 Å². The summed E-state index contributed by atoms with van der Waals surface area (Å²) in [5.41, 5.74) is -0.103. The van der Waals surface area contributed by atoms with E-state index in [0.29, 0.717) is 5.39 Å². The van der Waals surface area contributed by atoms with Crippen molar-refractivity contribution in [3.05, 3.63) is 36.0 Å². The van der Waals surface area contributed by atoms with E-state index in [9.17, 15) is 18.0 Å². The average Bonchev–Trinajstić information content (AvgIpc) is 2.26. The summed E-state index contributed by atoms with van der Waals surface area (Å²) in [5.74, 6) is -1.33. The van der Waals surface area contributed by atoms with Crippen molar-refractivity contribution in [1.29, 1.82) is 0 Å². The number of carbonyl (C=O) groups is 1. The van der Waals surface area contributed by atoms with Crippen LogP contribution in [0.25, 0.3) is 10.9 Å². The quantitative estimate of drug-likeness (QED) is 0.858. The number of hydrogen-bond acceptors (Lipinski definition) is 2. The van der Waals surface area contributed by atoms with Crippen LogP contribution in [0.1, 0.15) is 10.5 Å². The number of pyridine rings is 1.